The van der Waals surface area contributed by atoms with E-state index in [1.165, 1.54) is 18.2 Å². The Balaban J connectivity index is 3.02. The van der Waals surface area contributed by atoms with Gasteiger partial charge >= 0.3 is 0 Å². The number of aromatic nitrogens is 1. The van der Waals surface area contributed by atoms with Crippen LogP contribution in [0.25, 0.3) is 0 Å². The molecule has 2 amide bonds. The average Bonchev–Trinajstić information content (AvgIpc) is 2.24. The maximum Gasteiger partial charge on any atom is 0.283 e. The van der Waals surface area contributed by atoms with Gasteiger partial charge in [-0.05, 0) is 12.1 Å². The number of amides is 2. The van der Waals surface area contributed by atoms with Gasteiger partial charge in [0, 0.05) is 0 Å². The first-order valence-electron chi connectivity index (χ1n) is 4.99. The number of nitrogens with zero attached hydrogens (tertiary/aromatic N) is 1. The molecule has 11 heteroatoms. The van der Waals surface area contributed by atoms with Crippen LogP contribution in [-0.2, 0) is 20.0 Å². The van der Waals surface area contributed by atoms with E-state index in [9.17, 15) is 26.4 Å². The molecule has 1 rings (SSSR count). The number of pyridine rings is 1. The molecule has 0 saturated carbocycles. The van der Waals surface area contributed by atoms with E-state index >= 15 is 0 Å². The fraction of sp³-hybridized carbons (Fsp3) is 0.222. The van der Waals surface area contributed by atoms with Crippen molar-refractivity contribution in [1.29, 1.82) is 0 Å². The second kappa shape index (κ2) is 5.54. The van der Waals surface area contributed by atoms with Gasteiger partial charge in [-0.2, -0.15) is 0 Å². The third-order valence-corrected chi connectivity index (χ3v) is 2.88. The lowest BCUT2D eigenvalue weighted by Gasteiger charge is -2.05. The summed E-state index contributed by atoms with van der Waals surface area (Å²) in [5, 5.41) is 0. The van der Waals surface area contributed by atoms with Crippen molar-refractivity contribution in [3.63, 3.8) is 0 Å². The molecule has 0 aliphatic heterocycles. The predicted molar refractivity (Wildman–Crippen MR) is 68.9 cm³/mol. The molecule has 0 aromatic carbocycles. The molecule has 0 fully saturated rings. The van der Waals surface area contributed by atoms with Gasteiger partial charge in [0.25, 0.3) is 11.8 Å². The Bertz CT molecular complexity index is 692. The molecule has 0 radical (unpaired) electrons. The zero-order chi connectivity index (χ0) is 15.6. The minimum atomic E-state index is -3.77. The maximum atomic E-state index is 11.5. The standard InChI is InChI=1S/C9H11N3O6S2/c1-19(15,16)11-8(13)6-4-3-5-7(10-6)9(14)12-20(2,17)18/h3-5H,1-2H3,(H,11,13)(H,12,14). The van der Waals surface area contributed by atoms with Crippen LogP contribution < -0.4 is 9.44 Å². The van der Waals surface area contributed by atoms with Gasteiger partial charge in [0.15, 0.2) is 0 Å². The zero-order valence-corrected chi connectivity index (χ0v) is 12.1. The van der Waals surface area contributed by atoms with Crippen LogP contribution in [0.3, 0.4) is 0 Å². The summed E-state index contributed by atoms with van der Waals surface area (Å²) in [6.45, 7) is 0. The van der Waals surface area contributed by atoms with Crippen LogP contribution >= 0.6 is 0 Å². The Morgan fingerprint density at radius 1 is 0.900 bits per heavy atom. The van der Waals surface area contributed by atoms with E-state index in [0.29, 0.717) is 0 Å². The molecule has 0 aliphatic carbocycles. The number of carbonyl (C=O) groups excluding carboxylic acids is 2. The number of nitrogens with one attached hydrogen (secondary N) is 2. The molecule has 110 valence electrons. The van der Waals surface area contributed by atoms with E-state index in [1.54, 1.807) is 9.44 Å². The highest BCUT2D eigenvalue weighted by Crippen LogP contribution is 2.01. The minimum Gasteiger partial charge on any atom is -0.266 e. The molecule has 1 aromatic rings. The molecule has 0 bridgehead atoms. The van der Waals surface area contributed by atoms with Crippen molar-refractivity contribution >= 4 is 31.9 Å². The molecule has 1 heterocycles. The summed E-state index contributed by atoms with van der Waals surface area (Å²) in [5.41, 5.74) is -0.673. The molecule has 9 nitrogen and oxygen atoms in total. The van der Waals surface area contributed by atoms with Gasteiger partial charge in [0.1, 0.15) is 11.4 Å². The topological polar surface area (TPSA) is 139 Å². The summed E-state index contributed by atoms with van der Waals surface area (Å²) in [7, 11) is -7.54. The highest BCUT2D eigenvalue weighted by Gasteiger charge is 2.17. The quantitative estimate of drug-likeness (QED) is 0.685. The van der Waals surface area contributed by atoms with E-state index in [0.717, 1.165) is 12.5 Å². The largest absolute Gasteiger partial charge is 0.283 e. The lowest BCUT2D eigenvalue weighted by atomic mass is 10.3. The van der Waals surface area contributed by atoms with Crippen LogP contribution in [0.2, 0.25) is 0 Å². The smallest absolute Gasteiger partial charge is 0.266 e. The third-order valence-electron chi connectivity index (χ3n) is 1.77. The Kier molecular flexibility index (Phi) is 4.45. The summed E-state index contributed by atoms with van der Waals surface area (Å²) in [5.74, 6) is -2.05. The van der Waals surface area contributed by atoms with Crippen LogP contribution in [0.4, 0.5) is 0 Å². The van der Waals surface area contributed by atoms with Crippen LogP contribution in [0.5, 0.6) is 0 Å². The summed E-state index contributed by atoms with van der Waals surface area (Å²) >= 11 is 0. The molecule has 0 unspecified atom stereocenters. The molecule has 20 heavy (non-hydrogen) atoms. The van der Waals surface area contributed by atoms with Crippen molar-refractivity contribution in [2.45, 2.75) is 0 Å². The first kappa shape index (κ1) is 16.0. The zero-order valence-electron chi connectivity index (χ0n) is 10.4. The summed E-state index contributed by atoms with van der Waals surface area (Å²) in [6, 6.07) is 3.62. The van der Waals surface area contributed by atoms with E-state index in [1.807, 2.05) is 0 Å². The fourth-order valence-corrected chi connectivity index (χ4v) is 2.01. The Labute approximate surface area is 115 Å². The number of hydrogen-bond acceptors (Lipinski definition) is 7. The van der Waals surface area contributed by atoms with Crippen molar-refractivity contribution in [3.05, 3.63) is 29.6 Å². The summed E-state index contributed by atoms with van der Waals surface area (Å²) in [6.07, 6.45) is 1.57. The molecule has 0 spiro atoms. The van der Waals surface area contributed by atoms with Crippen molar-refractivity contribution in [3.8, 4) is 0 Å². The van der Waals surface area contributed by atoms with Crippen molar-refractivity contribution in [2.24, 2.45) is 0 Å². The number of hydrogen-bond donors (Lipinski definition) is 2. The molecule has 0 aliphatic rings. The van der Waals surface area contributed by atoms with Crippen LogP contribution in [0, 0.1) is 0 Å². The van der Waals surface area contributed by atoms with E-state index in [2.05, 4.69) is 4.98 Å². The molecule has 0 saturated heterocycles. The summed E-state index contributed by atoms with van der Waals surface area (Å²) < 4.78 is 47.0. The van der Waals surface area contributed by atoms with Gasteiger partial charge in [-0.1, -0.05) is 6.07 Å². The molecule has 0 atom stereocenters. The SMILES string of the molecule is CS(=O)(=O)NC(=O)c1cccc(C(=O)NS(C)(=O)=O)n1. The van der Waals surface area contributed by atoms with Gasteiger partial charge in [0.2, 0.25) is 20.0 Å². The lowest BCUT2D eigenvalue weighted by molar-refractivity contribution is 0.0974. The molecule has 2 N–H and O–H groups in total. The first-order chi connectivity index (χ1) is 8.98. The normalized spacial score (nSPS) is 11.7. The predicted octanol–water partition coefficient (Wildman–Crippen LogP) is -1.54. The molecular weight excluding hydrogens is 310 g/mol. The number of carbonyl (C=O) groups is 2. The number of rotatable bonds is 4. The third kappa shape index (κ3) is 5.32. The highest BCUT2D eigenvalue weighted by molar-refractivity contribution is 7.89. The van der Waals surface area contributed by atoms with E-state index in [4.69, 9.17) is 0 Å². The summed E-state index contributed by atoms with van der Waals surface area (Å²) in [4.78, 5) is 26.6. The fourth-order valence-electron chi connectivity index (χ4n) is 1.13. The minimum absolute atomic E-state index is 0.337. The van der Waals surface area contributed by atoms with Crippen molar-refractivity contribution < 1.29 is 26.4 Å². The first-order valence-corrected chi connectivity index (χ1v) is 8.77. The van der Waals surface area contributed by atoms with Gasteiger partial charge in [0.05, 0.1) is 12.5 Å². The van der Waals surface area contributed by atoms with Crippen molar-refractivity contribution in [2.75, 3.05) is 12.5 Å². The molecule has 1 aromatic heterocycles. The molecular formula is C9H11N3O6S2. The van der Waals surface area contributed by atoms with Crippen molar-refractivity contribution in [1.82, 2.24) is 14.4 Å². The lowest BCUT2D eigenvalue weighted by Crippen LogP contribution is -2.32. The van der Waals surface area contributed by atoms with E-state index in [-0.39, 0.29) is 11.4 Å². The number of sulfonamides is 2. The maximum absolute atomic E-state index is 11.5. The van der Waals surface area contributed by atoms with E-state index < -0.39 is 31.9 Å². The highest BCUT2D eigenvalue weighted by atomic mass is 32.2. The van der Waals surface area contributed by atoms with Crippen LogP contribution in [-0.4, -0.2) is 46.1 Å². The van der Waals surface area contributed by atoms with Crippen LogP contribution in [0.1, 0.15) is 21.0 Å². The second-order valence-corrected chi connectivity index (χ2v) is 7.31. The Hall–Kier alpha value is -2.01. The van der Waals surface area contributed by atoms with Gasteiger partial charge in [-0.25, -0.2) is 31.3 Å². The Morgan fingerprint density at radius 2 is 1.25 bits per heavy atom. The average molecular weight is 321 g/mol. The monoisotopic (exact) mass is 321 g/mol. The van der Waals surface area contributed by atoms with Crippen LogP contribution in [0.15, 0.2) is 18.2 Å². The Morgan fingerprint density at radius 3 is 1.55 bits per heavy atom. The van der Waals surface area contributed by atoms with Gasteiger partial charge < -0.3 is 0 Å². The van der Waals surface area contributed by atoms with Gasteiger partial charge in [-0.15, -0.1) is 0 Å². The second-order valence-electron chi connectivity index (χ2n) is 3.81. The van der Waals surface area contributed by atoms with Gasteiger partial charge in [-0.3, -0.25) is 9.59 Å².